The average molecular weight is 302 g/mol. The number of nitrogens with zero attached hydrogens (tertiary/aromatic N) is 1. The fourth-order valence-corrected chi connectivity index (χ4v) is 2.70. The molecule has 21 heavy (non-hydrogen) atoms. The van der Waals surface area contributed by atoms with Crippen molar-refractivity contribution in [2.45, 2.75) is 31.2 Å². The quantitative estimate of drug-likeness (QED) is 0.775. The average Bonchev–Trinajstić information content (AvgIpc) is 2.48. The van der Waals surface area contributed by atoms with E-state index in [0.717, 1.165) is 35.7 Å². The van der Waals surface area contributed by atoms with E-state index in [4.69, 9.17) is 4.74 Å². The fourth-order valence-electron chi connectivity index (χ4n) is 2.18. The number of rotatable bonds is 7. The van der Waals surface area contributed by atoms with Crippen LogP contribution in [-0.4, -0.2) is 18.3 Å². The zero-order valence-electron chi connectivity index (χ0n) is 12.8. The summed E-state index contributed by atoms with van der Waals surface area (Å²) in [6, 6.07) is 12.2. The fraction of sp³-hybridized carbons (Fsp3) is 0.353. The van der Waals surface area contributed by atoms with Crippen LogP contribution in [0.25, 0.3) is 0 Å². The van der Waals surface area contributed by atoms with Gasteiger partial charge in [-0.15, -0.1) is 11.8 Å². The normalized spacial score (nSPS) is 10.6. The number of nitrogens with one attached hydrogen (secondary N) is 1. The highest BCUT2D eigenvalue weighted by molar-refractivity contribution is 7.98. The lowest BCUT2D eigenvalue weighted by molar-refractivity contribution is 0.449. The molecule has 3 nitrogen and oxygen atoms in total. The third kappa shape index (κ3) is 4.48. The maximum Gasteiger partial charge on any atom is 0.219 e. The molecule has 112 valence electrons. The molecule has 1 heterocycles. The summed E-state index contributed by atoms with van der Waals surface area (Å²) in [7, 11) is 1.95. The van der Waals surface area contributed by atoms with Gasteiger partial charge in [0.05, 0.1) is 0 Å². The molecule has 0 amide bonds. The molecule has 0 saturated carbocycles. The molecule has 0 unspecified atom stereocenters. The molecule has 4 heteroatoms. The molecule has 0 bridgehead atoms. The van der Waals surface area contributed by atoms with E-state index in [2.05, 4.69) is 35.6 Å². The lowest BCUT2D eigenvalue weighted by Gasteiger charge is -2.11. The maximum absolute atomic E-state index is 6.01. The first-order valence-electron chi connectivity index (χ1n) is 7.22. The minimum absolute atomic E-state index is 0.674. The van der Waals surface area contributed by atoms with Gasteiger partial charge >= 0.3 is 0 Å². The van der Waals surface area contributed by atoms with Crippen LogP contribution in [0.5, 0.6) is 11.6 Å². The Morgan fingerprint density at radius 2 is 2.05 bits per heavy atom. The van der Waals surface area contributed by atoms with Crippen LogP contribution in [0.15, 0.2) is 41.3 Å². The Bertz CT molecular complexity index is 563. The summed E-state index contributed by atoms with van der Waals surface area (Å²) in [5, 5.41) is 3.18. The van der Waals surface area contributed by atoms with Crippen LogP contribution in [0.2, 0.25) is 0 Å². The topological polar surface area (TPSA) is 34.1 Å². The van der Waals surface area contributed by atoms with Gasteiger partial charge in [-0.1, -0.05) is 25.5 Å². The molecule has 0 aliphatic carbocycles. The molecule has 1 aromatic heterocycles. The van der Waals surface area contributed by atoms with Crippen LogP contribution in [0.4, 0.5) is 0 Å². The summed E-state index contributed by atoms with van der Waals surface area (Å²) in [6.07, 6.45) is 4.10. The molecular weight excluding hydrogens is 280 g/mol. The lowest BCUT2D eigenvalue weighted by Crippen LogP contribution is -2.06. The van der Waals surface area contributed by atoms with Gasteiger partial charge in [0.25, 0.3) is 0 Å². The van der Waals surface area contributed by atoms with E-state index in [-0.39, 0.29) is 0 Å². The molecule has 0 spiro atoms. The standard InChI is InChI=1S/C17H22N2OS/c1-4-7-14-10-13(12-18-2)11-17(19-14)20-15-8-5-6-9-16(15)21-3/h5-6,8-11,18H,4,7,12H2,1-3H3. The Hall–Kier alpha value is -1.52. The van der Waals surface area contributed by atoms with Gasteiger partial charge in [0.15, 0.2) is 0 Å². The van der Waals surface area contributed by atoms with Crippen LogP contribution in [0.3, 0.4) is 0 Å². The van der Waals surface area contributed by atoms with Gasteiger partial charge in [0, 0.05) is 23.2 Å². The Morgan fingerprint density at radius 1 is 1.24 bits per heavy atom. The Balaban J connectivity index is 2.29. The molecule has 1 aromatic carbocycles. The number of benzene rings is 1. The molecule has 0 fully saturated rings. The van der Waals surface area contributed by atoms with Crippen molar-refractivity contribution in [1.82, 2.24) is 10.3 Å². The molecule has 0 radical (unpaired) electrons. The molecule has 2 aromatic rings. The smallest absolute Gasteiger partial charge is 0.219 e. The second kappa shape index (κ2) is 8.05. The van der Waals surface area contributed by atoms with Crippen LogP contribution in [-0.2, 0) is 13.0 Å². The van der Waals surface area contributed by atoms with Gasteiger partial charge in [-0.25, -0.2) is 4.98 Å². The van der Waals surface area contributed by atoms with E-state index < -0.39 is 0 Å². The maximum atomic E-state index is 6.01. The Labute approximate surface area is 131 Å². The third-order valence-corrected chi connectivity index (χ3v) is 3.86. The Morgan fingerprint density at radius 3 is 2.76 bits per heavy atom. The lowest BCUT2D eigenvalue weighted by atomic mass is 10.1. The number of hydrogen-bond donors (Lipinski definition) is 1. The number of aromatic nitrogens is 1. The van der Waals surface area contributed by atoms with Gasteiger partial charge in [-0.3, -0.25) is 0 Å². The molecule has 0 saturated heterocycles. The second-order valence-corrected chi connectivity index (χ2v) is 5.69. The van der Waals surface area contributed by atoms with E-state index in [9.17, 15) is 0 Å². The van der Waals surface area contributed by atoms with Gasteiger partial charge < -0.3 is 10.1 Å². The van der Waals surface area contributed by atoms with Gasteiger partial charge in [0.2, 0.25) is 5.88 Å². The summed E-state index contributed by atoms with van der Waals surface area (Å²) in [4.78, 5) is 5.74. The van der Waals surface area contributed by atoms with Crippen molar-refractivity contribution in [1.29, 1.82) is 0 Å². The van der Waals surface area contributed by atoms with Crippen molar-refractivity contribution < 1.29 is 4.74 Å². The van der Waals surface area contributed by atoms with Crippen molar-refractivity contribution in [3.63, 3.8) is 0 Å². The molecule has 0 aliphatic heterocycles. The summed E-state index contributed by atoms with van der Waals surface area (Å²) >= 11 is 1.68. The van der Waals surface area contributed by atoms with E-state index in [1.807, 2.05) is 31.3 Å². The first-order valence-corrected chi connectivity index (χ1v) is 8.44. The highest BCUT2D eigenvalue weighted by Gasteiger charge is 2.07. The number of para-hydroxylation sites is 1. The van der Waals surface area contributed by atoms with Gasteiger partial charge in [-0.2, -0.15) is 0 Å². The minimum Gasteiger partial charge on any atom is -0.438 e. The predicted octanol–water partition coefficient (Wildman–Crippen LogP) is 4.27. The first-order chi connectivity index (χ1) is 10.3. The second-order valence-electron chi connectivity index (χ2n) is 4.84. The number of aryl methyl sites for hydroxylation is 1. The third-order valence-electron chi connectivity index (χ3n) is 3.09. The van der Waals surface area contributed by atoms with E-state index >= 15 is 0 Å². The van der Waals surface area contributed by atoms with Crippen LogP contribution in [0.1, 0.15) is 24.6 Å². The number of thioether (sulfide) groups is 1. The molecular formula is C17H22N2OS. The number of pyridine rings is 1. The van der Waals surface area contributed by atoms with E-state index in [1.54, 1.807) is 11.8 Å². The molecule has 1 N–H and O–H groups in total. The van der Waals surface area contributed by atoms with E-state index in [1.165, 1.54) is 5.56 Å². The molecule has 2 rings (SSSR count). The summed E-state index contributed by atoms with van der Waals surface area (Å²) in [5.74, 6) is 1.54. The Kier molecular flexibility index (Phi) is 6.08. The molecule has 0 atom stereocenters. The monoisotopic (exact) mass is 302 g/mol. The minimum atomic E-state index is 0.674. The SMILES string of the molecule is CCCc1cc(CNC)cc(Oc2ccccc2SC)n1. The summed E-state index contributed by atoms with van der Waals surface area (Å²) in [5.41, 5.74) is 2.29. The first kappa shape index (κ1) is 15.9. The number of hydrogen-bond acceptors (Lipinski definition) is 4. The molecule has 0 aliphatic rings. The summed E-state index contributed by atoms with van der Waals surface area (Å²) in [6.45, 7) is 2.98. The van der Waals surface area contributed by atoms with Crippen molar-refractivity contribution in [2.24, 2.45) is 0 Å². The van der Waals surface area contributed by atoms with Crippen molar-refractivity contribution in [3.8, 4) is 11.6 Å². The predicted molar refractivity (Wildman–Crippen MR) is 89.3 cm³/mol. The van der Waals surface area contributed by atoms with Gasteiger partial charge in [0.1, 0.15) is 5.75 Å². The van der Waals surface area contributed by atoms with Crippen molar-refractivity contribution >= 4 is 11.8 Å². The highest BCUT2D eigenvalue weighted by Crippen LogP contribution is 2.31. The zero-order valence-corrected chi connectivity index (χ0v) is 13.7. The van der Waals surface area contributed by atoms with Crippen LogP contribution >= 0.6 is 11.8 Å². The van der Waals surface area contributed by atoms with Crippen molar-refractivity contribution in [2.75, 3.05) is 13.3 Å². The van der Waals surface area contributed by atoms with Crippen LogP contribution in [0, 0.1) is 0 Å². The largest absolute Gasteiger partial charge is 0.438 e. The van der Waals surface area contributed by atoms with Crippen LogP contribution < -0.4 is 10.1 Å². The number of ether oxygens (including phenoxy) is 1. The van der Waals surface area contributed by atoms with E-state index in [0.29, 0.717) is 5.88 Å². The zero-order chi connectivity index (χ0) is 15.1. The van der Waals surface area contributed by atoms with Crippen molar-refractivity contribution in [3.05, 3.63) is 47.7 Å². The summed E-state index contributed by atoms with van der Waals surface area (Å²) < 4.78 is 6.01. The van der Waals surface area contributed by atoms with Gasteiger partial charge in [-0.05, 0) is 43.5 Å². The highest BCUT2D eigenvalue weighted by atomic mass is 32.2.